The molecule has 1 aliphatic heterocycles. The number of rotatable bonds is 2. The molecule has 1 fully saturated rings. The number of alkyl halides is 3. The molecule has 100 valence electrons. The molecular formula is C12H14F3NO2. The van der Waals surface area contributed by atoms with Crippen LogP contribution in [0.3, 0.4) is 0 Å². The molecule has 1 heterocycles. The smallest absolute Gasteiger partial charge is 0.379 e. The molecule has 3 nitrogen and oxygen atoms in total. The molecule has 2 atom stereocenters. The largest absolute Gasteiger partial charge is 0.411 e. The minimum absolute atomic E-state index is 0.169. The summed E-state index contributed by atoms with van der Waals surface area (Å²) in [4.78, 5) is 12.3. The zero-order chi connectivity index (χ0) is 13.2. The second-order valence-corrected chi connectivity index (χ2v) is 4.33. The van der Waals surface area contributed by atoms with Crippen LogP contribution in [0.2, 0.25) is 0 Å². The molecule has 2 unspecified atom stereocenters. The van der Waals surface area contributed by atoms with E-state index in [1.54, 1.807) is 0 Å². The monoisotopic (exact) mass is 261 g/mol. The van der Waals surface area contributed by atoms with Crippen LogP contribution < -0.4 is 0 Å². The van der Waals surface area contributed by atoms with Gasteiger partial charge in [-0.15, -0.1) is 0 Å². The van der Waals surface area contributed by atoms with E-state index in [0.29, 0.717) is 6.29 Å². The maximum absolute atomic E-state index is 13.5. The van der Waals surface area contributed by atoms with Gasteiger partial charge in [0.25, 0.3) is 0 Å². The predicted octanol–water partition coefficient (Wildman–Crippen LogP) is 1.56. The summed E-state index contributed by atoms with van der Waals surface area (Å²) in [5, 5.41) is 0. The molecule has 0 aromatic carbocycles. The van der Waals surface area contributed by atoms with Crippen LogP contribution in [0.4, 0.5) is 13.2 Å². The first kappa shape index (κ1) is 13.3. The van der Waals surface area contributed by atoms with E-state index >= 15 is 0 Å². The van der Waals surface area contributed by atoms with Crippen molar-refractivity contribution in [1.29, 1.82) is 0 Å². The highest BCUT2D eigenvalue weighted by molar-refractivity contribution is 5.62. The zero-order valence-corrected chi connectivity index (χ0v) is 9.69. The Kier molecular flexibility index (Phi) is 3.59. The average Bonchev–Trinajstić information content (AvgIpc) is 2.38. The lowest BCUT2D eigenvalue weighted by Crippen LogP contribution is -2.64. The van der Waals surface area contributed by atoms with Crippen LogP contribution in [-0.2, 0) is 9.53 Å². The Balaban J connectivity index is 2.42. The van der Waals surface area contributed by atoms with Crippen LogP contribution in [0.25, 0.3) is 0 Å². The van der Waals surface area contributed by atoms with Gasteiger partial charge in [0.15, 0.2) is 0 Å². The van der Waals surface area contributed by atoms with Gasteiger partial charge >= 0.3 is 6.18 Å². The van der Waals surface area contributed by atoms with Gasteiger partial charge in [0, 0.05) is 13.1 Å². The van der Waals surface area contributed by atoms with Crippen molar-refractivity contribution in [1.82, 2.24) is 4.90 Å². The highest BCUT2D eigenvalue weighted by Gasteiger charge is 2.61. The SMILES string of the molecule is O=CC1C=CC=CC1(N1CCOCC1)C(F)(F)F. The lowest BCUT2D eigenvalue weighted by Gasteiger charge is -2.47. The molecule has 0 aromatic heterocycles. The number of allylic oxidation sites excluding steroid dienone is 2. The number of carbonyl (C=O) groups excluding carboxylic acids is 1. The number of hydrogen-bond acceptors (Lipinski definition) is 3. The highest BCUT2D eigenvalue weighted by Crippen LogP contribution is 2.44. The lowest BCUT2D eigenvalue weighted by molar-refractivity contribution is -0.232. The first-order chi connectivity index (χ1) is 8.52. The first-order valence-electron chi connectivity index (χ1n) is 5.73. The molecule has 1 saturated heterocycles. The first-order valence-corrected chi connectivity index (χ1v) is 5.73. The van der Waals surface area contributed by atoms with E-state index in [2.05, 4.69) is 0 Å². The Morgan fingerprint density at radius 3 is 2.50 bits per heavy atom. The van der Waals surface area contributed by atoms with Gasteiger partial charge in [0.05, 0.1) is 19.1 Å². The standard InChI is InChI=1S/C12H14F3NO2/c13-12(14,15)11(16-5-7-18-8-6-16)4-2-1-3-10(11)9-17/h1-4,9-10H,5-8H2. The fourth-order valence-corrected chi connectivity index (χ4v) is 2.51. The molecule has 0 spiro atoms. The highest BCUT2D eigenvalue weighted by atomic mass is 19.4. The number of hydrogen-bond donors (Lipinski definition) is 0. The molecule has 0 bridgehead atoms. The normalized spacial score (nSPS) is 33.6. The van der Waals surface area contributed by atoms with E-state index in [1.165, 1.54) is 23.1 Å². The lowest BCUT2D eigenvalue weighted by atomic mass is 9.79. The van der Waals surface area contributed by atoms with Crippen LogP contribution in [0, 0.1) is 5.92 Å². The van der Waals surface area contributed by atoms with Gasteiger partial charge in [0.2, 0.25) is 0 Å². The quantitative estimate of drug-likeness (QED) is 0.706. The van der Waals surface area contributed by atoms with E-state index in [4.69, 9.17) is 4.74 Å². The Labute approximate surface area is 103 Å². The molecule has 0 aromatic rings. The number of halogens is 3. The van der Waals surface area contributed by atoms with Crippen LogP contribution in [0.5, 0.6) is 0 Å². The van der Waals surface area contributed by atoms with Crippen LogP contribution in [0.15, 0.2) is 24.3 Å². The van der Waals surface area contributed by atoms with Gasteiger partial charge in [-0.25, -0.2) is 0 Å². The third-order valence-electron chi connectivity index (χ3n) is 3.42. The summed E-state index contributed by atoms with van der Waals surface area (Å²) >= 11 is 0. The topological polar surface area (TPSA) is 29.5 Å². The third-order valence-corrected chi connectivity index (χ3v) is 3.42. The second kappa shape index (κ2) is 4.85. The van der Waals surface area contributed by atoms with Crippen molar-refractivity contribution in [3.63, 3.8) is 0 Å². The number of ether oxygens (including phenoxy) is 1. The van der Waals surface area contributed by atoms with Crippen molar-refractivity contribution >= 4 is 6.29 Å². The molecule has 0 saturated carbocycles. The van der Waals surface area contributed by atoms with Gasteiger partial charge in [0.1, 0.15) is 11.8 Å². The van der Waals surface area contributed by atoms with Crippen molar-refractivity contribution in [3.8, 4) is 0 Å². The molecule has 1 aliphatic carbocycles. The van der Waals surface area contributed by atoms with Crippen molar-refractivity contribution in [2.45, 2.75) is 11.7 Å². The number of morpholine rings is 1. The predicted molar refractivity (Wildman–Crippen MR) is 59.0 cm³/mol. The van der Waals surface area contributed by atoms with Crippen LogP contribution in [0.1, 0.15) is 0 Å². The molecule has 2 rings (SSSR count). The third kappa shape index (κ3) is 1.99. The minimum atomic E-state index is -4.50. The summed E-state index contributed by atoms with van der Waals surface area (Å²) in [5.74, 6) is -1.21. The number of nitrogens with zero attached hydrogens (tertiary/aromatic N) is 1. The zero-order valence-electron chi connectivity index (χ0n) is 9.69. The van der Waals surface area contributed by atoms with E-state index < -0.39 is 17.6 Å². The fourth-order valence-electron chi connectivity index (χ4n) is 2.51. The Bertz CT molecular complexity index is 372. The summed E-state index contributed by atoms with van der Waals surface area (Å²) in [6, 6.07) is 0. The summed E-state index contributed by atoms with van der Waals surface area (Å²) < 4.78 is 45.6. The molecule has 0 N–H and O–H groups in total. The average molecular weight is 261 g/mol. The Hall–Kier alpha value is -1.14. The molecule has 18 heavy (non-hydrogen) atoms. The van der Waals surface area contributed by atoms with E-state index in [1.807, 2.05) is 0 Å². The maximum atomic E-state index is 13.5. The van der Waals surface area contributed by atoms with Gasteiger partial charge in [-0.05, 0) is 0 Å². The van der Waals surface area contributed by atoms with Crippen molar-refractivity contribution in [3.05, 3.63) is 24.3 Å². The Morgan fingerprint density at radius 2 is 1.94 bits per heavy atom. The molecule has 6 heteroatoms. The van der Waals surface area contributed by atoms with E-state index in [0.717, 1.165) is 6.08 Å². The van der Waals surface area contributed by atoms with Crippen molar-refractivity contribution < 1.29 is 22.7 Å². The minimum Gasteiger partial charge on any atom is -0.379 e. The number of aldehydes is 1. The van der Waals surface area contributed by atoms with Gasteiger partial charge in [-0.3, -0.25) is 4.90 Å². The summed E-state index contributed by atoms with van der Waals surface area (Å²) in [7, 11) is 0. The number of carbonyl (C=O) groups is 1. The fraction of sp³-hybridized carbons (Fsp3) is 0.583. The van der Waals surface area contributed by atoms with Crippen molar-refractivity contribution in [2.24, 2.45) is 5.92 Å². The van der Waals surface area contributed by atoms with Crippen LogP contribution >= 0.6 is 0 Å². The van der Waals surface area contributed by atoms with E-state index in [9.17, 15) is 18.0 Å². The molecule has 2 aliphatic rings. The summed E-state index contributed by atoms with van der Waals surface area (Å²) in [6.07, 6.45) is 1.07. The van der Waals surface area contributed by atoms with Gasteiger partial charge in [-0.1, -0.05) is 24.3 Å². The Morgan fingerprint density at radius 1 is 1.28 bits per heavy atom. The summed E-state index contributed by atoms with van der Waals surface area (Å²) in [5.41, 5.74) is -2.23. The second-order valence-electron chi connectivity index (χ2n) is 4.33. The van der Waals surface area contributed by atoms with Crippen LogP contribution in [-0.4, -0.2) is 49.2 Å². The molecule has 0 radical (unpaired) electrons. The molecular weight excluding hydrogens is 247 g/mol. The van der Waals surface area contributed by atoms with E-state index in [-0.39, 0.29) is 26.3 Å². The molecule has 0 amide bonds. The van der Waals surface area contributed by atoms with Gasteiger partial charge in [-0.2, -0.15) is 13.2 Å². The van der Waals surface area contributed by atoms with Gasteiger partial charge < -0.3 is 9.53 Å². The maximum Gasteiger partial charge on any atom is 0.411 e. The van der Waals surface area contributed by atoms with Crippen molar-refractivity contribution in [2.75, 3.05) is 26.3 Å². The summed E-state index contributed by atoms with van der Waals surface area (Å²) in [6.45, 7) is 0.839.